The molecule has 94 valence electrons. The van der Waals surface area contributed by atoms with Crippen LogP contribution in [0.3, 0.4) is 0 Å². The van der Waals surface area contributed by atoms with E-state index in [1.807, 2.05) is 5.38 Å². The molecule has 1 amide bonds. The normalized spacial score (nSPS) is 16.7. The molecule has 0 saturated heterocycles. The summed E-state index contributed by atoms with van der Waals surface area (Å²) >= 11 is 1.39. The van der Waals surface area contributed by atoms with Crippen molar-refractivity contribution in [1.29, 1.82) is 0 Å². The van der Waals surface area contributed by atoms with Crippen LogP contribution in [0.25, 0.3) is 0 Å². The molecule has 1 fully saturated rings. The first-order chi connectivity index (χ1) is 8.34. The molecule has 0 aliphatic heterocycles. The highest BCUT2D eigenvalue weighted by atomic mass is 32.1. The van der Waals surface area contributed by atoms with Gasteiger partial charge in [-0.3, -0.25) is 0 Å². The highest BCUT2D eigenvalue weighted by Crippen LogP contribution is 2.23. The number of alkyl carbamates (subject to hydrolysis) is 1. The second-order valence-corrected chi connectivity index (χ2v) is 5.15. The number of carbonyl (C=O) groups is 1. The van der Waals surface area contributed by atoms with Gasteiger partial charge in [0.25, 0.3) is 0 Å². The third kappa shape index (κ3) is 4.34. The molecule has 1 aromatic heterocycles. The molecule has 1 N–H and O–H groups in total. The number of amides is 1. The van der Waals surface area contributed by atoms with Gasteiger partial charge >= 0.3 is 6.09 Å². The van der Waals surface area contributed by atoms with Crippen LogP contribution < -0.4 is 5.32 Å². The fourth-order valence-electron chi connectivity index (χ4n) is 2.09. The third-order valence-electron chi connectivity index (χ3n) is 3.10. The predicted molar refractivity (Wildman–Crippen MR) is 66.9 cm³/mol. The molecule has 0 unspecified atom stereocenters. The largest absolute Gasteiger partial charge is 0.449 e. The molecule has 1 aliphatic rings. The Kier molecular flexibility index (Phi) is 4.79. The van der Waals surface area contributed by atoms with Crippen LogP contribution in [0, 0.1) is 5.92 Å². The Labute approximate surface area is 106 Å². The number of nitrogens with one attached hydrogen (secondary N) is 1. The molecule has 4 nitrogen and oxygen atoms in total. The van der Waals surface area contributed by atoms with Crippen molar-refractivity contribution in [2.45, 2.75) is 38.6 Å². The molecule has 1 aromatic rings. The summed E-state index contributed by atoms with van der Waals surface area (Å²) in [6.07, 6.45) is 7.71. The second kappa shape index (κ2) is 6.59. The summed E-state index contributed by atoms with van der Waals surface area (Å²) in [6, 6.07) is 0. The van der Waals surface area contributed by atoms with E-state index in [4.69, 9.17) is 4.74 Å². The number of carbonyl (C=O) groups excluding carboxylic acids is 1. The summed E-state index contributed by atoms with van der Waals surface area (Å²) < 4.78 is 9.18. The quantitative estimate of drug-likeness (QED) is 0.898. The first-order valence-electron chi connectivity index (χ1n) is 6.13. The van der Waals surface area contributed by atoms with Crippen molar-refractivity contribution in [2.75, 3.05) is 6.61 Å². The van der Waals surface area contributed by atoms with Gasteiger partial charge in [-0.2, -0.15) is 0 Å². The van der Waals surface area contributed by atoms with Crippen molar-refractivity contribution >= 4 is 17.6 Å². The zero-order valence-corrected chi connectivity index (χ0v) is 10.7. The van der Waals surface area contributed by atoms with Crippen molar-refractivity contribution in [3.05, 3.63) is 17.1 Å². The SMILES string of the molecule is O=C(NCc1cnsc1)OCC1CCCCC1. The Morgan fingerprint density at radius 2 is 2.29 bits per heavy atom. The first-order valence-corrected chi connectivity index (χ1v) is 6.97. The van der Waals surface area contributed by atoms with Gasteiger partial charge in [-0.05, 0) is 30.3 Å². The lowest BCUT2D eigenvalue weighted by atomic mass is 9.90. The molecule has 0 radical (unpaired) electrons. The maximum atomic E-state index is 11.4. The molecule has 1 aliphatic carbocycles. The van der Waals surface area contributed by atoms with Crippen LogP contribution in [-0.2, 0) is 11.3 Å². The van der Waals surface area contributed by atoms with Gasteiger partial charge in [-0.1, -0.05) is 19.3 Å². The van der Waals surface area contributed by atoms with Crippen LogP contribution >= 0.6 is 11.5 Å². The highest BCUT2D eigenvalue weighted by Gasteiger charge is 2.15. The van der Waals surface area contributed by atoms with Crippen LogP contribution in [0.15, 0.2) is 11.6 Å². The minimum Gasteiger partial charge on any atom is -0.449 e. The Morgan fingerprint density at radius 1 is 1.47 bits per heavy atom. The number of aromatic nitrogens is 1. The second-order valence-electron chi connectivity index (χ2n) is 4.49. The fourth-order valence-corrected chi connectivity index (χ4v) is 2.62. The highest BCUT2D eigenvalue weighted by molar-refractivity contribution is 7.03. The molecule has 17 heavy (non-hydrogen) atoms. The van der Waals surface area contributed by atoms with Crippen LogP contribution in [0.5, 0.6) is 0 Å². The van der Waals surface area contributed by atoms with Crippen LogP contribution in [0.1, 0.15) is 37.7 Å². The van der Waals surface area contributed by atoms with Gasteiger partial charge in [0.1, 0.15) is 0 Å². The van der Waals surface area contributed by atoms with Crippen LogP contribution in [0.4, 0.5) is 4.79 Å². The molecule has 0 atom stereocenters. The first kappa shape index (κ1) is 12.4. The van der Waals surface area contributed by atoms with Gasteiger partial charge in [0.2, 0.25) is 0 Å². The minimum atomic E-state index is -0.318. The predicted octanol–water partition coefficient (Wildman–Crippen LogP) is 2.95. The van der Waals surface area contributed by atoms with Crippen LogP contribution in [-0.4, -0.2) is 17.1 Å². The lowest BCUT2D eigenvalue weighted by Crippen LogP contribution is -2.26. The van der Waals surface area contributed by atoms with E-state index in [0.717, 1.165) is 5.56 Å². The Morgan fingerprint density at radius 3 is 3.00 bits per heavy atom. The number of ether oxygens (including phenoxy) is 1. The summed E-state index contributed by atoms with van der Waals surface area (Å²) in [5, 5.41) is 4.65. The average molecular weight is 254 g/mol. The summed E-state index contributed by atoms with van der Waals surface area (Å²) in [5.41, 5.74) is 1.02. The molecule has 5 heteroatoms. The van der Waals surface area contributed by atoms with E-state index in [1.54, 1.807) is 6.20 Å². The molecular weight excluding hydrogens is 236 g/mol. The number of hydrogen-bond acceptors (Lipinski definition) is 4. The van der Waals surface area contributed by atoms with Gasteiger partial charge in [0.05, 0.1) is 6.61 Å². The topological polar surface area (TPSA) is 51.2 Å². The van der Waals surface area contributed by atoms with Crippen molar-refractivity contribution in [3.63, 3.8) is 0 Å². The number of hydrogen-bond donors (Lipinski definition) is 1. The lowest BCUT2D eigenvalue weighted by molar-refractivity contribution is 0.115. The van der Waals surface area contributed by atoms with Crippen molar-refractivity contribution < 1.29 is 9.53 Å². The van der Waals surface area contributed by atoms with E-state index in [0.29, 0.717) is 19.1 Å². The standard InChI is InChI=1S/C12H18N2O2S/c15-12(13-6-11-7-14-17-9-11)16-8-10-4-2-1-3-5-10/h7,9-10H,1-6,8H2,(H,13,15). The number of nitrogens with zero attached hydrogens (tertiary/aromatic N) is 1. The van der Waals surface area contributed by atoms with Gasteiger partial charge in [-0.15, -0.1) is 0 Å². The lowest BCUT2D eigenvalue weighted by Gasteiger charge is -2.21. The van der Waals surface area contributed by atoms with Crippen molar-refractivity contribution in [2.24, 2.45) is 5.92 Å². The van der Waals surface area contributed by atoms with Gasteiger partial charge in [0, 0.05) is 23.7 Å². The Bertz CT molecular complexity index is 334. The van der Waals surface area contributed by atoms with Gasteiger partial charge in [-0.25, -0.2) is 9.17 Å². The summed E-state index contributed by atoms with van der Waals surface area (Å²) in [6.45, 7) is 1.06. The van der Waals surface area contributed by atoms with Crippen molar-refractivity contribution in [1.82, 2.24) is 9.69 Å². The smallest absolute Gasteiger partial charge is 0.407 e. The minimum absolute atomic E-state index is 0.318. The zero-order chi connectivity index (χ0) is 11.9. The third-order valence-corrected chi connectivity index (χ3v) is 3.73. The molecule has 0 aromatic carbocycles. The van der Waals surface area contributed by atoms with E-state index >= 15 is 0 Å². The van der Waals surface area contributed by atoms with Gasteiger partial charge in [0.15, 0.2) is 0 Å². The average Bonchev–Trinajstić information content (AvgIpc) is 2.88. The summed E-state index contributed by atoms with van der Waals surface area (Å²) in [4.78, 5) is 11.4. The molecular formula is C12H18N2O2S. The summed E-state index contributed by atoms with van der Waals surface area (Å²) in [5.74, 6) is 0.567. The Hall–Kier alpha value is -1.10. The molecule has 0 spiro atoms. The monoisotopic (exact) mass is 254 g/mol. The van der Waals surface area contributed by atoms with Crippen molar-refractivity contribution in [3.8, 4) is 0 Å². The van der Waals surface area contributed by atoms with E-state index in [2.05, 4.69) is 9.69 Å². The summed E-state index contributed by atoms with van der Waals surface area (Å²) in [7, 11) is 0. The Balaban J connectivity index is 1.60. The van der Waals surface area contributed by atoms with E-state index < -0.39 is 0 Å². The molecule has 1 saturated carbocycles. The molecule has 0 bridgehead atoms. The van der Waals surface area contributed by atoms with E-state index in [-0.39, 0.29) is 6.09 Å². The number of rotatable bonds is 4. The molecule has 2 rings (SSSR count). The fraction of sp³-hybridized carbons (Fsp3) is 0.667. The maximum Gasteiger partial charge on any atom is 0.407 e. The van der Waals surface area contributed by atoms with Gasteiger partial charge < -0.3 is 10.1 Å². The van der Waals surface area contributed by atoms with Crippen LogP contribution in [0.2, 0.25) is 0 Å². The van der Waals surface area contributed by atoms with E-state index in [1.165, 1.54) is 43.6 Å². The maximum absolute atomic E-state index is 11.4. The molecule has 1 heterocycles. The zero-order valence-electron chi connectivity index (χ0n) is 9.85. The van der Waals surface area contributed by atoms with E-state index in [9.17, 15) is 4.79 Å².